The van der Waals surface area contributed by atoms with E-state index in [1.165, 1.54) is 6.07 Å². The van der Waals surface area contributed by atoms with E-state index in [-0.39, 0.29) is 11.6 Å². The second kappa shape index (κ2) is 7.02. The Kier molecular flexibility index (Phi) is 5.09. The molecule has 0 bridgehead atoms. The lowest BCUT2D eigenvalue weighted by Crippen LogP contribution is -2.21. The van der Waals surface area contributed by atoms with Gasteiger partial charge >= 0.3 is 0 Å². The molecular weight excluding hydrogens is 286 g/mol. The van der Waals surface area contributed by atoms with Gasteiger partial charge in [-0.2, -0.15) is 0 Å². The Bertz CT molecular complexity index is 652. The van der Waals surface area contributed by atoms with E-state index in [4.69, 9.17) is 0 Å². The van der Waals surface area contributed by atoms with E-state index in [9.17, 15) is 13.6 Å². The molecule has 0 fully saturated rings. The van der Waals surface area contributed by atoms with Crippen molar-refractivity contribution in [2.24, 2.45) is 0 Å². The van der Waals surface area contributed by atoms with Crippen molar-refractivity contribution in [3.63, 3.8) is 0 Å². The van der Waals surface area contributed by atoms with Crippen molar-refractivity contribution >= 4 is 17.3 Å². The average molecular weight is 304 g/mol. The number of amides is 1. The quantitative estimate of drug-likeness (QED) is 0.903. The van der Waals surface area contributed by atoms with E-state index in [2.05, 4.69) is 24.1 Å². The molecule has 2 aromatic carbocycles. The Hall–Kier alpha value is -2.43. The molecule has 0 radical (unpaired) electrons. The van der Waals surface area contributed by atoms with Crippen LogP contribution >= 0.6 is 0 Å². The molecular formula is C17H18F2N2O. The van der Waals surface area contributed by atoms with Crippen molar-refractivity contribution in [3.05, 3.63) is 59.7 Å². The largest absolute Gasteiger partial charge is 0.372 e. The topological polar surface area (TPSA) is 32.3 Å². The third-order valence-corrected chi connectivity index (χ3v) is 3.44. The molecule has 0 unspecified atom stereocenters. The van der Waals surface area contributed by atoms with Gasteiger partial charge in [-0.05, 0) is 50.2 Å². The summed E-state index contributed by atoms with van der Waals surface area (Å²) < 4.78 is 26.0. The fourth-order valence-corrected chi connectivity index (χ4v) is 2.19. The van der Waals surface area contributed by atoms with Gasteiger partial charge in [-0.15, -0.1) is 0 Å². The minimum absolute atomic E-state index is 0.219. The number of anilines is 2. The SMILES string of the molecule is CCN(CC)c1ccc(C(=O)Nc2ccc(F)c(F)c2)cc1. The number of benzene rings is 2. The maximum absolute atomic E-state index is 13.1. The fourth-order valence-electron chi connectivity index (χ4n) is 2.19. The number of carbonyl (C=O) groups is 1. The van der Waals surface area contributed by atoms with E-state index in [0.29, 0.717) is 5.56 Å². The van der Waals surface area contributed by atoms with Crippen LogP contribution in [0.4, 0.5) is 20.2 Å². The molecule has 2 aromatic rings. The van der Waals surface area contributed by atoms with Crippen LogP contribution in [0.3, 0.4) is 0 Å². The summed E-state index contributed by atoms with van der Waals surface area (Å²) in [6.45, 7) is 5.90. The molecule has 0 aliphatic carbocycles. The molecule has 0 saturated carbocycles. The highest BCUT2D eigenvalue weighted by Gasteiger charge is 2.09. The van der Waals surface area contributed by atoms with E-state index < -0.39 is 11.6 Å². The summed E-state index contributed by atoms with van der Waals surface area (Å²) in [5, 5.41) is 2.54. The molecule has 0 heterocycles. The lowest BCUT2D eigenvalue weighted by Gasteiger charge is -2.21. The number of rotatable bonds is 5. The zero-order valence-corrected chi connectivity index (χ0v) is 12.6. The second-order valence-electron chi connectivity index (χ2n) is 4.80. The highest BCUT2D eigenvalue weighted by Crippen LogP contribution is 2.17. The Labute approximate surface area is 128 Å². The summed E-state index contributed by atoms with van der Waals surface area (Å²) in [7, 11) is 0. The molecule has 1 N–H and O–H groups in total. The average Bonchev–Trinajstić information content (AvgIpc) is 2.53. The number of nitrogens with one attached hydrogen (secondary N) is 1. The monoisotopic (exact) mass is 304 g/mol. The van der Waals surface area contributed by atoms with Crippen molar-refractivity contribution in [2.45, 2.75) is 13.8 Å². The molecule has 1 amide bonds. The third kappa shape index (κ3) is 3.61. The zero-order chi connectivity index (χ0) is 16.1. The number of carbonyl (C=O) groups excluding carboxylic acids is 1. The van der Waals surface area contributed by atoms with Crippen LogP contribution in [-0.2, 0) is 0 Å². The maximum Gasteiger partial charge on any atom is 0.255 e. The Morgan fingerprint density at radius 3 is 2.18 bits per heavy atom. The highest BCUT2D eigenvalue weighted by atomic mass is 19.2. The molecule has 0 aliphatic heterocycles. The predicted octanol–water partition coefficient (Wildman–Crippen LogP) is 4.06. The number of nitrogens with zero attached hydrogens (tertiary/aromatic N) is 1. The van der Waals surface area contributed by atoms with Gasteiger partial charge in [0.25, 0.3) is 5.91 Å². The molecule has 0 saturated heterocycles. The smallest absolute Gasteiger partial charge is 0.255 e. The van der Waals surface area contributed by atoms with Gasteiger partial charge in [0.2, 0.25) is 0 Å². The lowest BCUT2D eigenvalue weighted by molar-refractivity contribution is 0.102. The van der Waals surface area contributed by atoms with Crippen molar-refractivity contribution in [1.82, 2.24) is 0 Å². The summed E-state index contributed by atoms with van der Waals surface area (Å²) in [5.74, 6) is -2.30. The number of hydrogen-bond acceptors (Lipinski definition) is 2. The molecule has 116 valence electrons. The summed E-state index contributed by atoms with van der Waals surface area (Å²) in [5.41, 5.74) is 1.71. The van der Waals surface area contributed by atoms with Crippen molar-refractivity contribution in [2.75, 3.05) is 23.3 Å². The molecule has 5 heteroatoms. The summed E-state index contributed by atoms with van der Waals surface area (Å²) in [6, 6.07) is 10.4. The Morgan fingerprint density at radius 1 is 1.00 bits per heavy atom. The predicted molar refractivity (Wildman–Crippen MR) is 84.3 cm³/mol. The van der Waals surface area contributed by atoms with Gasteiger partial charge in [0, 0.05) is 36.1 Å². The van der Waals surface area contributed by atoms with E-state index in [1.807, 2.05) is 12.1 Å². The van der Waals surface area contributed by atoms with Crippen molar-refractivity contribution in [3.8, 4) is 0 Å². The zero-order valence-electron chi connectivity index (χ0n) is 12.6. The first-order chi connectivity index (χ1) is 10.5. The number of halogens is 2. The maximum atomic E-state index is 13.1. The van der Waals surface area contributed by atoms with E-state index in [0.717, 1.165) is 30.9 Å². The van der Waals surface area contributed by atoms with Crippen LogP contribution in [0.5, 0.6) is 0 Å². The van der Waals surface area contributed by atoms with Gasteiger partial charge < -0.3 is 10.2 Å². The standard InChI is InChI=1S/C17H18F2N2O/c1-3-21(4-2)14-8-5-12(6-9-14)17(22)20-13-7-10-15(18)16(19)11-13/h5-11H,3-4H2,1-2H3,(H,20,22). The Balaban J connectivity index is 2.11. The van der Waals surface area contributed by atoms with Gasteiger partial charge in [-0.25, -0.2) is 8.78 Å². The summed E-state index contributed by atoms with van der Waals surface area (Å²) in [6.07, 6.45) is 0. The fraction of sp³-hybridized carbons (Fsp3) is 0.235. The van der Waals surface area contributed by atoms with Gasteiger partial charge in [0.05, 0.1) is 0 Å². The first kappa shape index (κ1) is 15.9. The molecule has 3 nitrogen and oxygen atoms in total. The molecule has 2 rings (SSSR count). The summed E-state index contributed by atoms with van der Waals surface area (Å²) in [4.78, 5) is 14.3. The second-order valence-corrected chi connectivity index (χ2v) is 4.80. The van der Waals surface area contributed by atoms with Crippen LogP contribution in [0.15, 0.2) is 42.5 Å². The first-order valence-electron chi connectivity index (χ1n) is 7.16. The van der Waals surface area contributed by atoms with Gasteiger partial charge in [-0.3, -0.25) is 4.79 Å². The van der Waals surface area contributed by atoms with Gasteiger partial charge in [0.15, 0.2) is 11.6 Å². The van der Waals surface area contributed by atoms with Crippen LogP contribution in [0.25, 0.3) is 0 Å². The van der Waals surface area contributed by atoms with Crippen molar-refractivity contribution < 1.29 is 13.6 Å². The van der Waals surface area contributed by atoms with E-state index in [1.54, 1.807) is 12.1 Å². The van der Waals surface area contributed by atoms with Crippen LogP contribution in [-0.4, -0.2) is 19.0 Å². The van der Waals surface area contributed by atoms with Gasteiger partial charge in [0.1, 0.15) is 0 Å². The molecule has 0 spiro atoms. The van der Waals surface area contributed by atoms with E-state index >= 15 is 0 Å². The first-order valence-corrected chi connectivity index (χ1v) is 7.16. The number of hydrogen-bond donors (Lipinski definition) is 1. The van der Waals surface area contributed by atoms with Crippen LogP contribution in [0.2, 0.25) is 0 Å². The van der Waals surface area contributed by atoms with Crippen LogP contribution in [0.1, 0.15) is 24.2 Å². The molecule has 0 aliphatic rings. The van der Waals surface area contributed by atoms with Crippen LogP contribution in [0, 0.1) is 11.6 Å². The lowest BCUT2D eigenvalue weighted by atomic mass is 10.1. The van der Waals surface area contributed by atoms with Crippen molar-refractivity contribution in [1.29, 1.82) is 0 Å². The normalized spacial score (nSPS) is 10.4. The molecule has 0 aromatic heterocycles. The van der Waals surface area contributed by atoms with Gasteiger partial charge in [-0.1, -0.05) is 0 Å². The third-order valence-electron chi connectivity index (χ3n) is 3.44. The summed E-state index contributed by atoms with van der Waals surface area (Å²) >= 11 is 0. The van der Waals surface area contributed by atoms with Crippen LogP contribution < -0.4 is 10.2 Å². The molecule has 0 atom stereocenters. The minimum Gasteiger partial charge on any atom is -0.372 e. The minimum atomic E-state index is -0.991. The highest BCUT2D eigenvalue weighted by molar-refractivity contribution is 6.04. The Morgan fingerprint density at radius 2 is 1.64 bits per heavy atom. The molecule has 22 heavy (non-hydrogen) atoms.